The second-order valence-corrected chi connectivity index (χ2v) is 7.06. The molecule has 0 aliphatic carbocycles. The van der Waals surface area contributed by atoms with Crippen molar-refractivity contribution in [1.29, 1.82) is 0 Å². The molecule has 1 aromatic rings. The zero-order valence-electron chi connectivity index (χ0n) is 12.7. The third-order valence-corrected chi connectivity index (χ3v) is 4.95. The highest BCUT2D eigenvalue weighted by atomic mass is 32.2. The summed E-state index contributed by atoms with van der Waals surface area (Å²) in [5.74, 6) is -1.67. The van der Waals surface area contributed by atoms with Crippen molar-refractivity contribution in [2.24, 2.45) is 4.99 Å². The number of aliphatic imine (C=N–C) groups is 1. The predicted octanol–water partition coefficient (Wildman–Crippen LogP) is -0.566. The first-order valence-corrected chi connectivity index (χ1v) is 8.62. The summed E-state index contributed by atoms with van der Waals surface area (Å²) in [5.41, 5.74) is -2.37. The number of para-hydroxylation sites is 1. The number of amides is 1. The number of guanidine groups is 1. The Balaban J connectivity index is 2.11. The van der Waals surface area contributed by atoms with Crippen LogP contribution in [-0.4, -0.2) is 42.5 Å². The van der Waals surface area contributed by atoms with E-state index in [-0.39, 0.29) is 23.3 Å². The van der Waals surface area contributed by atoms with Gasteiger partial charge in [0.15, 0.2) is 5.96 Å². The fraction of sp³-hybridized carbons (Fsp3) is 0.385. The van der Waals surface area contributed by atoms with Gasteiger partial charge in [0.25, 0.3) is 0 Å². The SMILES string of the molecule is CC1CCN=C(NC2(c3ccccc3O)NS(=O)(=O)N(F)C2=O)N1. The largest absolute Gasteiger partial charge is 0.508 e. The van der Waals surface area contributed by atoms with Crippen molar-refractivity contribution in [3.05, 3.63) is 29.8 Å². The van der Waals surface area contributed by atoms with E-state index in [2.05, 4.69) is 15.6 Å². The number of phenolic OH excluding ortho intramolecular Hbond substituents is 1. The number of nitrogens with zero attached hydrogens (tertiary/aromatic N) is 2. The van der Waals surface area contributed by atoms with Gasteiger partial charge in [0.05, 0.1) is 0 Å². The number of rotatable bonds is 2. The van der Waals surface area contributed by atoms with Crippen LogP contribution in [0.5, 0.6) is 5.75 Å². The Morgan fingerprint density at radius 1 is 1.46 bits per heavy atom. The molecule has 0 radical (unpaired) electrons. The molecular formula is C13H16FN5O4S. The molecule has 4 N–H and O–H groups in total. The lowest BCUT2D eigenvalue weighted by Crippen LogP contribution is -2.62. The topological polar surface area (TPSA) is 123 Å². The van der Waals surface area contributed by atoms with E-state index in [0.717, 1.165) is 6.42 Å². The molecule has 1 fully saturated rings. The quantitative estimate of drug-likeness (QED) is 0.526. The van der Waals surface area contributed by atoms with Gasteiger partial charge in [-0.25, -0.2) is 0 Å². The lowest BCUT2D eigenvalue weighted by Gasteiger charge is -2.31. The first-order chi connectivity index (χ1) is 11.3. The number of benzene rings is 1. The average molecular weight is 357 g/mol. The summed E-state index contributed by atoms with van der Waals surface area (Å²) in [6.07, 6.45) is 0.754. The normalized spacial score (nSPS) is 29.1. The average Bonchev–Trinajstić information content (AvgIpc) is 2.69. The van der Waals surface area contributed by atoms with Crippen molar-refractivity contribution < 1.29 is 22.8 Å². The molecule has 2 aliphatic rings. The maximum Gasteiger partial charge on any atom is 0.333 e. The molecule has 2 unspecified atom stereocenters. The van der Waals surface area contributed by atoms with Gasteiger partial charge in [-0.05, 0) is 23.9 Å². The van der Waals surface area contributed by atoms with Crippen LogP contribution < -0.4 is 15.4 Å². The molecule has 9 nitrogen and oxygen atoms in total. The zero-order chi connectivity index (χ0) is 17.5. The number of hydrogen-bond donors (Lipinski definition) is 4. The van der Waals surface area contributed by atoms with Crippen molar-refractivity contribution in [3.63, 3.8) is 0 Å². The van der Waals surface area contributed by atoms with E-state index in [9.17, 15) is 22.8 Å². The predicted molar refractivity (Wildman–Crippen MR) is 82.4 cm³/mol. The van der Waals surface area contributed by atoms with Gasteiger partial charge in [-0.2, -0.15) is 13.1 Å². The van der Waals surface area contributed by atoms with Crippen LogP contribution in [0.1, 0.15) is 18.9 Å². The molecule has 0 saturated carbocycles. The van der Waals surface area contributed by atoms with Crippen LogP contribution in [0.3, 0.4) is 0 Å². The Morgan fingerprint density at radius 3 is 2.75 bits per heavy atom. The van der Waals surface area contributed by atoms with Crippen LogP contribution in [0.15, 0.2) is 29.3 Å². The second kappa shape index (κ2) is 5.60. The summed E-state index contributed by atoms with van der Waals surface area (Å²) in [5, 5.41) is 15.6. The molecule has 1 saturated heterocycles. The number of carbonyl (C=O) groups is 1. The summed E-state index contributed by atoms with van der Waals surface area (Å²) >= 11 is 0. The van der Waals surface area contributed by atoms with Gasteiger partial charge in [0, 0.05) is 18.2 Å². The van der Waals surface area contributed by atoms with Crippen LogP contribution in [0.4, 0.5) is 4.48 Å². The van der Waals surface area contributed by atoms with E-state index in [1.54, 1.807) is 0 Å². The number of phenols is 1. The second-order valence-electron chi connectivity index (χ2n) is 5.58. The molecule has 24 heavy (non-hydrogen) atoms. The van der Waals surface area contributed by atoms with Gasteiger partial charge in [-0.15, -0.1) is 0 Å². The number of aromatic hydroxyl groups is 1. The first-order valence-electron chi connectivity index (χ1n) is 7.18. The third-order valence-electron chi connectivity index (χ3n) is 3.80. The minimum Gasteiger partial charge on any atom is -0.508 e. The summed E-state index contributed by atoms with van der Waals surface area (Å²) in [6, 6.07) is 5.58. The van der Waals surface area contributed by atoms with Gasteiger partial charge in [-0.3, -0.25) is 9.79 Å². The number of hydrogen-bond acceptors (Lipinski definition) is 7. The minimum atomic E-state index is -4.70. The van der Waals surface area contributed by atoms with Crippen molar-refractivity contribution in [2.45, 2.75) is 25.0 Å². The van der Waals surface area contributed by atoms with E-state index in [0.29, 0.717) is 6.54 Å². The van der Waals surface area contributed by atoms with Crippen molar-refractivity contribution in [3.8, 4) is 5.75 Å². The van der Waals surface area contributed by atoms with Crippen molar-refractivity contribution in [2.75, 3.05) is 6.54 Å². The molecular weight excluding hydrogens is 341 g/mol. The summed E-state index contributed by atoms with van der Waals surface area (Å²) in [4.78, 5) is 16.5. The summed E-state index contributed by atoms with van der Waals surface area (Å²) < 4.78 is 38.6. The molecule has 2 heterocycles. The molecule has 1 aromatic carbocycles. The fourth-order valence-electron chi connectivity index (χ4n) is 2.60. The van der Waals surface area contributed by atoms with E-state index >= 15 is 0 Å². The van der Waals surface area contributed by atoms with Gasteiger partial charge in [0.1, 0.15) is 5.75 Å². The maximum absolute atomic E-state index is 13.9. The van der Waals surface area contributed by atoms with Crippen LogP contribution >= 0.6 is 0 Å². The number of halogens is 1. The van der Waals surface area contributed by atoms with Crippen molar-refractivity contribution >= 4 is 22.1 Å². The molecule has 130 valence electrons. The smallest absolute Gasteiger partial charge is 0.333 e. The Bertz CT molecular complexity index is 814. The van der Waals surface area contributed by atoms with Crippen LogP contribution in [-0.2, 0) is 20.7 Å². The fourth-order valence-corrected chi connectivity index (χ4v) is 3.67. The van der Waals surface area contributed by atoms with E-state index in [1.807, 2.05) is 11.6 Å². The Kier molecular flexibility index (Phi) is 3.84. The Morgan fingerprint density at radius 2 is 2.17 bits per heavy atom. The lowest BCUT2D eigenvalue weighted by atomic mass is 9.98. The highest BCUT2D eigenvalue weighted by molar-refractivity contribution is 7.88. The lowest BCUT2D eigenvalue weighted by molar-refractivity contribution is -0.140. The molecule has 0 spiro atoms. The monoisotopic (exact) mass is 357 g/mol. The zero-order valence-corrected chi connectivity index (χ0v) is 13.5. The molecule has 0 bridgehead atoms. The van der Waals surface area contributed by atoms with Crippen LogP contribution in [0.2, 0.25) is 0 Å². The molecule has 3 rings (SSSR count). The number of nitrogens with one attached hydrogen (secondary N) is 3. The third kappa shape index (κ3) is 2.55. The Labute approximate surface area is 137 Å². The maximum atomic E-state index is 13.9. The van der Waals surface area contributed by atoms with E-state index < -0.39 is 26.3 Å². The van der Waals surface area contributed by atoms with Crippen LogP contribution in [0, 0.1) is 0 Å². The Hall–Kier alpha value is -2.40. The number of carbonyl (C=O) groups excluding carboxylic acids is 1. The molecule has 2 aliphatic heterocycles. The first kappa shape index (κ1) is 16.5. The molecule has 2 atom stereocenters. The van der Waals surface area contributed by atoms with Crippen molar-refractivity contribution in [1.82, 2.24) is 19.9 Å². The van der Waals surface area contributed by atoms with Gasteiger partial charge in [-0.1, -0.05) is 22.7 Å². The minimum absolute atomic E-state index is 0.0287. The summed E-state index contributed by atoms with van der Waals surface area (Å²) in [7, 11) is -4.70. The summed E-state index contributed by atoms with van der Waals surface area (Å²) in [6.45, 7) is 2.33. The van der Waals surface area contributed by atoms with Gasteiger partial charge >= 0.3 is 16.1 Å². The highest BCUT2D eigenvalue weighted by Gasteiger charge is 2.59. The molecule has 11 heteroatoms. The van der Waals surface area contributed by atoms with E-state index in [1.165, 1.54) is 24.3 Å². The van der Waals surface area contributed by atoms with Crippen LogP contribution in [0.25, 0.3) is 0 Å². The standard InChI is InChI=1S/C13H16FN5O4S/c1-8-6-7-15-12(16-8)17-13(9-4-2-3-5-10(9)20)11(21)19(14)24(22,23)18-13/h2-5,8,18,20H,6-7H2,1H3,(H2,15,16,17). The van der Waals surface area contributed by atoms with Gasteiger partial charge in [0.2, 0.25) is 5.66 Å². The van der Waals surface area contributed by atoms with E-state index in [4.69, 9.17) is 0 Å². The highest BCUT2D eigenvalue weighted by Crippen LogP contribution is 2.34. The van der Waals surface area contributed by atoms with Gasteiger partial charge < -0.3 is 15.7 Å². The molecule has 1 amide bonds. The molecule has 0 aromatic heterocycles.